The van der Waals surface area contributed by atoms with Crippen molar-refractivity contribution in [2.75, 3.05) is 11.2 Å². The Morgan fingerprint density at radius 3 is 2.75 bits per heavy atom. The van der Waals surface area contributed by atoms with Gasteiger partial charge in [-0.2, -0.15) is 0 Å². The lowest BCUT2D eigenvalue weighted by atomic mass is 10.3. The fourth-order valence-corrected chi connectivity index (χ4v) is 2.36. The molecule has 1 N–H and O–H groups in total. The Kier molecular flexibility index (Phi) is 2.82. The van der Waals surface area contributed by atoms with Crippen LogP contribution >= 0.6 is 11.6 Å². The molecule has 0 saturated heterocycles. The molecule has 4 nitrogen and oxygen atoms in total. The fraction of sp³-hybridized carbons (Fsp3) is 0.200. The highest BCUT2D eigenvalue weighted by Gasteiger charge is 2.18. The second-order valence-electron chi connectivity index (χ2n) is 3.49. The molecule has 1 unspecified atom stereocenters. The number of sulfone groups is 1. The first-order valence-electron chi connectivity index (χ1n) is 4.64. The van der Waals surface area contributed by atoms with Crippen LogP contribution in [0, 0.1) is 0 Å². The molecule has 16 heavy (non-hydrogen) atoms. The van der Waals surface area contributed by atoms with E-state index in [1.807, 2.05) is 0 Å². The van der Waals surface area contributed by atoms with Gasteiger partial charge in [-0.05, 0) is 18.2 Å². The van der Waals surface area contributed by atoms with Crippen LogP contribution in [0.2, 0.25) is 0 Å². The minimum atomic E-state index is -3.19. The van der Waals surface area contributed by atoms with Gasteiger partial charge in [0, 0.05) is 24.3 Å². The van der Waals surface area contributed by atoms with Gasteiger partial charge < -0.3 is 10.2 Å². The first-order chi connectivity index (χ1) is 7.48. The van der Waals surface area contributed by atoms with Gasteiger partial charge in [0.1, 0.15) is 0 Å². The SMILES string of the molecule is CS(=O)(=O)c1cccc(N2C=CNC2Cl)c1. The van der Waals surface area contributed by atoms with E-state index >= 15 is 0 Å². The topological polar surface area (TPSA) is 49.4 Å². The van der Waals surface area contributed by atoms with Crippen LogP contribution in [0.15, 0.2) is 41.6 Å². The van der Waals surface area contributed by atoms with Crippen molar-refractivity contribution in [2.45, 2.75) is 10.5 Å². The number of rotatable bonds is 2. The summed E-state index contributed by atoms with van der Waals surface area (Å²) in [4.78, 5) is 2.03. The molecule has 0 bridgehead atoms. The molecular formula is C10H11ClN2O2S. The quantitative estimate of drug-likeness (QED) is 0.645. The third-order valence-electron chi connectivity index (χ3n) is 2.26. The van der Waals surface area contributed by atoms with Crippen molar-refractivity contribution in [1.29, 1.82) is 0 Å². The molecule has 0 amide bonds. The minimum absolute atomic E-state index is 0.286. The van der Waals surface area contributed by atoms with Crippen LogP contribution < -0.4 is 10.2 Å². The molecule has 1 aromatic rings. The first-order valence-corrected chi connectivity index (χ1v) is 6.96. The lowest BCUT2D eigenvalue weighted by Crippen LogP contribution is -2.29. The third kappa shape index (κ3) is 2.15. The van der Waals surface area contributed by atoms with Gasteiger partial charge in [0.15, 0.2) is 15.5 Å². The van der Waals surface area contributed by atoms with E-state index in [1.54, 1.807) is 41.6 Å². The van der Waals surface area contributed by atoms with Crippen molar-refractivity contribution in [3.8, 4) is 0 Å². The predicted octanol–water partition coefficient (Wildman–Crippen LogP) is 1.49. The monoisotopic (exact) mass is 258 g/mol. The molecule has 0 saturated carbocycles. The minimum Gasteiger partial charge on any atom is -0.357 e. The highest BCUT2D eigenvalue weighted by molar-refractivity contribution is 7.90. The van der Waals surface area contributed by atoms with Crippen molar-refractivity contribution >= 4 is 27.1 Å². The molecule has 86 valence electrons. The normalized spacial score (nSPS) is 19.9. The van der Waals surface area contributed by atoms with Gasteiger partial charge in [-0.25, -0.2) is 8.42 Å². The number of nitrogens with one attached hydrogen (secondary N) is 1. The molecule has 1 aromatic carbocycles. The molecule has 0 spiro atoms. The number of halogens is 1. The summed E-state index contributed by atoms with van der Waals surface area (Å²) in [6.07, 6.45) is 4.66. The van der Waals surface area contributed by atoms with Gasteiger partial charge in [0.05, 0.1) is 4.90 Å². The van der Waals surface area contributed by atoms with Crippen molar-refractivity contribution in [3.05, 3.63) is 36.7 Å². The smallest absolute Gasteiger partial charge is 0.181 e. The van der Waals surface area contributed by atoms with Crippen LogP contribution in [0.25, 0.3) is 0 Å². The Morgan fingerprint density at radius 1 is 1.44 bits per heavy atom. The van der Waals surface area contributed by atoms with Crippen molar-refractivity contribution < 1.29 is 8.42 Å². The Labute approximate surface area is 99.4 Å². The Bertz CT molecular complexity index is 527. The number of anilines is 1. The molecule has 0 radical (unpaired) electrons. The van der Waals surface area contributed by atoms with E-state index in [4.69, 9.17) is 11.6 Å². The van der Waals surface area contributed by atoms with Gasteiger partial charge >= 0.3 is 0 Å². The number of alkyl halides is 1. The summed E-state index contributed by atoms with van der Waals surface area (Å²) >= 11 is 5.98. The summed E-state index contributed by atoms with van der Waals surface area (Å²) in [6.45, 7) is 0. The van der Waals surface area contributed by atoms with Gasteiger partial charge in [0.25, 0.3) is 0 Å². The van der Waals surface area contributed by atoms with Crippen LogP contribution in [0.5, 0.6) is 0 Å². The highest BCUT2D eigenvalue weighted by Crippen LogP contribution is 2.24. The van der Waals surface area contributed by atoms with E-state index in [9.17, 15) is 8.42 Å². The fourth-order valence-electron chi connectivity index (χ4n) is 1.45. The number of hydrogen-bond acceptors (Lipinski definition) is 4. The van der Waals surface area contributed by atoms with Crippen LogP contribution in [-0.4, -0.2) is 20.3 Å². The average molecular weight is 259 g/mol. The van der Waals surface area contributed by atoms with E-state index in [0.29, 0.717) is 0 Å². The maximum absolute atomic E-state index is 11.4. The zero-order valence-electron chi connectivity index (χ0n) is 8.59. The standard InChI is InChI=1S/C10H11ClN2O2S/c1-16(14,15)9-4-2-3-8(7-9)13-6-5-12-10(13)11/h2-7,10,12H,1H3. The number of hydrogen-bond donors (Lipinski definition) is 1. The Morgan fingerprint density at radius 2 is 2.19 bits per heavy atom. The molecule has 1 aliphatic rings. The summed E-state index contributed by atoms with van der Waals surface area (Å²) in [6, 6.07) is 6.67. The van der Waals surface area contributed by atoms with E-state index in [-0.39, 0.29) is 10.5 Å². The lowest BCUT2D eigenvalue weighted by molar-refractivity contribution is 0.602. The third-order valence-corrected chi connectivity index (χ3v) is 3.70. The number of nitrogens with zero attached hydrogens (tertiary/aromatic N) is 1. The second kappa shape index (κ2) is 3.99. The number of benzene rings is 1. The Balaban J connectivity index is 2.40. The zero-order chi connectivity index (χ0) is 11.8. The molecule has 0 fully saturated rings. The average Bonchev–Trinajstić information content (AvgIpc) is 2.63. The van der Waals surface area contributed by atoms with Gasteiger partial charge in [0.2, 0.25) is 0 Å². The van der Waals surface area contributed by atoms with Crippen molar-refractivity contribution in [1.82, 2.24) is 5.32 Å². The van der Waals surface area contributed by atoms with Crippen LogP contribution in [-0.2, 0) is 9.84 Å². The molecule has 0 aromatic heterocycles. The maximum Gasteiger partial charge on any atom is 0.181 e. The summed E-state index contributed by atoms with van der Waals surface area (Å²) in [5.41, 5.74) is 0.360. The zero-order valence-corrected chi connectivity index (χ0v) is 10.2. The molecule has 1 aliphatic heterocycles. The van der Waals surface area contributed by atoms with E-state index < -0.39 is 9.84 Å². The van der Waals surface area contributed by atoms with Crippen molar-refractivity contribution in [2.24, 2.45) is 0 Å². The van der Waals surface area contributed by atoms with Gasteiger partial charge in [-0.1, -0.05) is 17.7 Å². The molecule has 6 heteroatoms. The molecule has 2 rings (SSSR count). The Hall–Kier alpha value is -1.20. The van der Waals surface area contributed by atoms with E-state index in [0.717, 1.165) is 5.69 Å². The predicted molar refractivity (Wildman–Crippen MR) is 63.9 cm³/mol. The summed E-state index contributed by atoms with van der Waals surface area (Å²) in [5.74, 6) is 0. The molecule has 1 atom stereocenters. The van der Waals surface area contributed by atoms with E-state index in [2.05, 4.69) is 5.32 Å². The largest absolute Gasteiger partial charge is 0.357 e. The first kappa shape index (κ1) is 11.3. The summed E-state index contributed by atoms with van der Waals surface area (Å²) in [5, 5.41) is 2.89. The van der Waals surface area contributed by atoms with E-state index in [1.165, 1.54) is 6.26 Å². The highest BCUT2D eigenvalue weighted by atomic mass is 35.5. The van der Waals surface area contributed by atoms with Crippen LogP contribution in [0.4, 0.5) is 5.69 Å². The van der Waals surface area contributed by atoms with Crippen LogP contribution in [0.3, 0.4) is 0 Å². The maximum atomic E-state index is 11.4. The van der Waals surface area contributed by atoms with Gasteiger partial charge in [-0.15, -0.1) is 0 Å². The molecule has 0 aliphatic carbocycles. The lowest BCUT2D eigenvalue weighted by Gasteiger charge is -2.20. The van der Waals surface area contributed by atoms with Crippen molar-refractivity contribution in [3.63, 3.8) is 0 Å². The molecule has 1 heterocycles. The molecular weight excluding hydrogens is 248 g/mol. The summed E-state index contributed by atoms with van der Waals surface area (Å²) < 4.78 is 22.8. The summed E-state index contributed by atoms with van der Waals surface area (Å²) in [7, 11) is -3.19. The van der Waals surface area contributed by atoms with Crippen LogP contribution in [0.1, 0.15) is 0 Å². The second-order valence-corrected chi connectivity index (χ2v) is 5.92. The van der Waals surface area contributed by atoms with Gasteiger partial charge in [-0.3, -0.25) is 0 Å².